The Hall–Kier alpha value is -1.03. The van der Waals surface area contributed by atoms with Crippen molar-refractivity contribution in [2.45, 2.75) is 13.3 Å². The first kappa shape index (κ1) is 7.08. The molecule has 1 radical (unpaired) electrons. The number of nitrogens with zero attached hydrogens (tertiary/aromatic N) is 2. The molecule has 55 valence electrons. The molecule has 1 aliphatic rings. The number of aliphatic hydroxyl groups is 2. The minimum Gasteiger partial charge on any atom is -0.493 e. The molecule has 0 amide bonds. The highest BCUT2D eigenvalue weighted by Crippen LogP contribution is 2.09. The molecule has 0 bridgehead atoms. The van der Waals surface area contributed by atoms with Gasteiger partial charge in [-0.3, -0.25) is 0 Å². The SMILES string of the molecule is [CH2]N1C=C(C)C(O)=NC1O. The quantitative estimate of drug-likeness (QED) is 0.507. The molecule has 0 fully saturated rings. The number of hydrogen-bond donors (Lipinski definition) is 2. The Morgan fingerprint density at radius 3 is 2.90 bits per heavy atom. The summed E-state index contributed by atoms with van der Waals surface area (Å²) in [6.07, 6.45) is 0.469. The lowest BCUT2D eigenvalue weighted by molar-refractivity contribution is 0.0702. The Morgan fingerprint density at radius 1 is 1.80 bits per heavy atom. The predicted molar refractivity (Wildman–Crippen MR) is 37.0 cm³/mol. The molecule has 0 saturated heterocycles. The van der Waals surface area contributed by atoms with Crippen molar-refractivity contribution >= 4 is 5.90 Å². The molecule has 0 saturated carbocycles. The topological polar surface area (TPSA) is 56.1 Å². The number of hydrogen-bond acceptors (Lipinski definition) is 3. The third-order valence-electron chi connectivity index (χ3n) is 1.25. The summed E-state index contributed by atoms with van der Waals surface area (Å²) in [6.45, 7) is 1.68. The lowest BCUT2D eigenvalue weighted by atomic mass is 10.3. The molecular formula is C6H9N2O2. The van der Waals surface area contributed by atoms with E-state index in [1.165, 1.54) is 11.1 Å². The minimum absolute atomic E-state index is 0.132. The molecule has 4 heteroatoms. The van der Waals surface area contributed by atoms with Crippen molar-refractivity contribution in [3.8, 4) is 0 Å². The van der Waals surface area contributed by atoms with Crippen LogP contribution in [0.4, 0.5) is 0 Å². The molecule has 1 rings (SSSR count). The van der Waals surface area contributed by atoms with Gasteiger partial charge in [0.2, 0.25) is 12.2 Å². The van der Waals surface area contributed by atoms with Gasteiger partial charge in [0.1, 0.15) is 0 Å². The fraction of sp³-hybridized carbons (Fsp3) is 0.333. The van der Waals surface area contributed by atoms with E-state index in [-0.39, 0.29) is 5.90 Å². The minimum atomic E-state index is -1.05. The van der Waals surface area contributed by atoms with E-state index in [1.54, 1.807) is 6.92 Å². The summed E-state index contributed by atoms with van der Waals surface area (Å²) >= 11 is 0. The van der Waals surface area contributed by atoms with Crippen molar-refractivity contribution in [3.63, 3.8) is 0 Å². The molecule has 1 aliphatic heterocycles. The van der Waals surface area contributed by atoms with Crippen LogP contribution in [0.1, 0.15) is 6.92 Å². The monoisotopic (exact) mass is 141 g/mol. The zero-order valence-electron chi connectivity index (χ0n) is 5.65. The molecule has 0 aromatic carbocycles. The third kappa shape index (κ3) is 1.11. The van der Waals surface area contributed by atoms with Crippen LogP contribution in [0.3, 0.4) is 0 Å². The standard InChI is InChI=1S/C6H9N2O2/c1-4-3-8(2)6(10)7-5(4)9/h3,6,10H,2H2,1H3,(H,7,9). The van der Waals surface area contributed by atoms with Gasteiger partial charge in [-0.1, -0.05) is 0 Å². The normalized spacial score (nSPS) is 25.9. The second kappa shape index (κ2) is 2.30. The van der Waals surface area contributed by atoms with Gasteiger partial charge in [-0.05, 0) is 6.92 Å². The van der Waals surface area contributed by atoms with Gasteiger partial charge in [-0.25, -0.2) is 0 Å². The molecule has 0 aromatic rings. The molecule has 0 spiro atoms. The van der Waals surface area contributed by atoms with E-state index in [0.29, 0.717) is 5.57 Å². The van der Waals surface area contributed by atoms with Gasteiger partial charge in [-0.2, -0.15) is 4.99 Å². The van der Waals surface area contributed by atoms with E-state index in [2.05, 4.69) is 12.0 Å². The second-order valence-electron chi connectivity index (χ2n) is 2.13. The maximum Gasteiger partial charge on any atom is 0.228 e. The van der Waals surface area contributed by atoms with Gasteiger partial charge in [0.05, 0.1) is 0 Å². The van der Waals surface area contributed by atoms with E-state index in [9.17, 15) is 0 Å². The van der Waals surface area contributed by atoms with Crippen LogP contribution in [0, 0.1) is 7.05 Å². The Labute approximate surface area is 59.1 Å². The summed E-state index contributed by atoms with van der Waals surface area (Å²) in [5.74, 6) is -0.132. The van der Waals surface area contributed by atoms with Gasteiger partial charge in [0.15, 0.2) is 0 Å². The first-order valence-corrected chi connectivity index (χ1v) is 2.83. The number of rotatable bonds is 0. The maximum absolute atomic E-state index is 8.94. The van der Waals surface area contributed by atoms with Crippen LogP contribution in [-0.2, 0) is 0 Å². The van der Waals surface area contributed by atoms with Gasteiger partial charge in [0.25, 0.3) is 0 Å². The van der Waals surface area contributed by atoms with Crippen LogP contribution in [-0.4, -0.2) is 27.4 Å². The molecule has 1 atom stereocenters. The van der Waals surface area contributed by atoms with Gasteiger partial charge in [-0.15, -0.1) is 0 Å². The van der Waals surface area contributed by atoms with E-state index in [0.717, 1.165) is 0 Å². The van der Waals surface area contributed by atoms with Crippen LogP contribution >= 0.6 is 0 Å². The van der Waals surface area contributed by atoms with Crippen LogP contribution < -0.4 is 0 Å². The average Bonchev–Trinajstić information content (AvgIpc) is 1.84. The molecule has 0 aromatic heterocycles. The smallest absolute Gasteiger partial charge is 0.228 e. The van der Waals surface area contributed by atoms with Crippen molar-refractivity contribution in [2.75, 3.05) is 0 Å². The van der Waals surface area contributed by atoms with E-state index < -0.39 is 6.35 Å². The van der Waals surface area contributed by atoms with Gasteiger partial charge >= 0.3 is 0 Å². The van der Waals surface area contributed by atoms with E-state index in [1.807, 2.05) is 0 Å². The van der Waals surface area contributed by atoms with Crippen molar-refractivity contribution < 1.29 is 10.2 Å². The molecular weight excluding hydrogens is 132 g/mol. The summed E-state index contributed by atoms with van der Waals surface area (Å²) in [5, 5.41) is 17.9. The molecule has 2 N–H and O–H groups in total. The van der Waals surface area contributed by atoms with E-state index in [4.69, 9.17) is 10.2 Å². The van der Waals surface area contributed by atoms with Crippen LogP contribution in [0.15, 0.2) is 16.8 Å². The zero-order valence-corrected chi connectivity index (χ0v) is 5.65. The lowest BCUT2D eigenvalue weighted by Crippen LogP contribution is -2.28. The fourth-order valence-electron chi connectivity index (χ4n) is 0.658. The summed E-state index contributed by atoms with van der Waals surface area (Å²) in [4.78, 5) is 4.73. The highest BCUT2D eigenvalue weighted by molar-refractivity contribution is 5.91. The molecule has 1 heterocycles. The van der Waals surface area contributed by atoms with Crippen LogP contribution in [0.5, 0.6) is 0 Å². The molecule has 4 nitrogen and oxygen atoms in total. The summed E-state index contributed by atoms with van der Waals surface area (Å²) in [6, 6.07) is 0. The summed E-state index contributed by atoms with van der Waals surface area (Å²) in [5.41, 5.74) is 0.598. The van der Waals surface area contributed by atoms with E-state index >= 15 is 0 Å². The summed E-state index contributed by atoms with van der Waals surface area (Å²) in [7, 11) is 3.45. The van der Waals surface area contributed by atoms with Crippen molar-refractivity contribution in [2.24, 2.45) is 4.99 Å². The Balaban J connectivity index is 2.83. The van der Waals surface area contributed by atoms with Crippen molar-refractivity contribution in [1.29, 1.82) is 0 Å². The number of aliphatic hydroxyl groups excluding tert-OH is 2. The summed E-state index contributed by atoms with van der Waals surface area (Å²) < 4.78 is 0. The number of aliphatic imine (C=N–C) groups is 1. The Morgan fingerprint density at radius 2 is 2.40 bits per heavy atom. The predicted octanol–water partition coefficient (Wildman–Crippen LogP) is 0.230. The zero-order chi connectivity index (χ0) is 7.72. The van der Waals surface area contributed by atoms with Gasteiger partial charge in [0, 0.05) is 18.8 Å². The third-order valence-corrected chi connectivity index (χ3v) is 1.25. The molecule has 0 aliphatic carbocycles. The lowest BCUT2D eigenvalue weighted by Gasteiger charge is -2.22. The fourth-order valence-corrected chi connectivity index (χ4v) is 0.658. The largest absolute Gasteiger partial charge is 0.493 e. The molecule has 10 heavy (non-hydrogen) atoms. The Kier molecular flexibility index (Phi) is 1.63. The Bertz CT molecular complexity index is 176. The average molecular weight is 141 g/mol. The molecule has 1 unspecified atom stereocenters. The second-order valence-corrected chi connectivity index (χ2v) is 2.13. The van der Waals surface area contributed by atoms with Crippen molar-refractivity contribution in [1.82, 2.24) is 4.90 Å². The van der Waals surface area contributed by atoms with Crippen LogP contribution in [0.2, 0.25) is 0 Å². The maximum atomic E-state index is 8.94. The highest BCUT2D eigenvalue weighted by Gasteiger charge is 2.14. The van der Waals surface area contributed by atoms with Crippen molar-refractivity contribution in [3.05, 3.63) is 18.8 Å². The van der Waals surface area contributed by atoms with Gasteiger partial charge < -0.3 is 15.1 Å². The van der Waals surface area contributed by atoms with Crippen LogP contribution in [0.25, 0.3) is 0 Å². The first-order chi connectivity index (χ1) is 4.61. The highest BCUT2D eigenvalue weighted by atomic mass is 16.3. The first-order valence-electron chi connectivity index (χ1n) is 2.83.